The third-order valence-electron chi connectivity index (χ3n) is 4.84. The zero-order chi connectivity index (χ0) is 16.9. The average Bonchev–Trinajstić information content (AvgIpc) is 2.68. The van der Waals surface area contributed by atoms with Gasteiger partial charge in [0.15, 0.2) is 0 Å². The number of hydrogen-bond acceptors (Lipinski definition) is 2. The molecule has 0 unspecified atom stereocenters. The highest BCUT2D eigenvalue weighted by molar-refractivity contribution is 5.94. The van der Waals surface area contributed by atoms with Crippen LogP contribution in [-0.2, 0) is 4.74 Å². The van der Waals surface area contributed by atoms with E-state index >= 15 is 0 Å². The van der Waals surface area contributed by atoms with Crippen molar-refractivity contribution in [2.45, 2.75) is 32.3 Å². The molecule has 1 atom stereocenters. The van der Waals surface area contributed by atoms with Crippen molar-refractivity contribution in [2.24, 2.45) is 0 Å². The minimum absolute atomic E-state index is 0.101. The summed E-state index contributed by atoms with van der Waals surface area (Å²) in [6.07, 6.45) is 3.58. The Labute approximate surface area is 144 Å². The van der Waals surface area contributed by atoms with Crippen LogP contribution in [0, 0.1) is 0 Å². The Kier molecular flexibility index (Phi) is 5.31. The molecule has 1 fully saturated rings. The molecule has 1 aliphatic rings. The number of amides is 1. The molecule has 3 rings (SSSR count). The van der Waals surface area contributed by atoms with Gasteiger partial charge in [-0.2, -0.15) is 0 Å². The van der Waals surface area contributed by atoms with Gasteiger partial charge in [0.05, 0.1) is 6.10 Å². The number of benzene rings is 2. The molecule has 0 saturated carbocycles. The third kappa shape index (κ3) is 3.68. The van der Waals surface area contributed by atoms with Gasteiger partial charge < -0.3 is 9.64 Å². The smallest absolute Gasteiger partial charge is 0.253 e. The van der Waals surface area contributed by atoms with E-state index in [2.05, 4.69) is 24.3 Å². The molecule has 0 bridgehead atoms. The number of methoxy groups -OCH3 is 1. The van der Waals surface area contributed by atoms with Crippen molar-refractivity contribution in [1.29, 1.82) is 0 Å². The van der Waals surface area contributed by atoms with Gasteiger partial charge in [-0.25, -0.2) is 0 Å². The standard InChI is InChI=1S/C21H25NO2/c1-16(24-2)17-6-8-18(9-7-17)19-10-12-20(13-11-19)21(23)22-14-4-3-5-15-22/h6-13,16H,3-5,14-15H2,1-2H3/t16-/m1/s1. The zero-order valence-corrected chi connectivity index (χ0v) is 14.5. The second kappa shape index (κ2) is 7.63. The van der Waals surface area contributed by atoms with Crippen molar-refractivity contribution in [3.8, 4) is 11.1 Å². The predicted molar refractivity (Wildman–Crippen MR) is 97.1 cm³/mol. The number of carbonyl (C=O) groups excluding carboxylic acids is 1. The Bertz CT molecular complexity index is 670. The first-order valence-corrected chi connectivity index (χ1v) is 8.71. The maximum absolute atomic E-state index is 12.5. The molecule has 1 aliphatic heterocycles. The number of rotatable bonds is 4. The Morgan fingerprint density at radius 1 is 0.917 bits per heavy atom. The molecule has 126 valence electrons. The molecule has 1 amide bonds. The lowest BCUT2D eigenvalue weighted by atomic mass is 10.0. The second-order valence-electron chi connectivity index (χ2n) is 6.43. The van der Waals surface area contributed by atoms with Crippen LogP contribution in [0.2, 0.25) is 0 Å². The summed E-state index contributed by atoms with van der Waals surface area (Å²) in [5, 5.41) is 0. The molecule has 2 aromatic rings. The van der Waals surface area contributed by atoms with E-state index in [-0.39, 0.29) is 12.0 Å². The van der Waals surface area contributed by atoms with Crippen molar-refractivity contribution < 1.29 is 9.53 Å². The first-order chi connectivity index (χ1) is 11.7. The average molecular weight is 323 g/mol. The number of ether oxygens (including phenoxy) is 1. The van der Waals surface area contributed by atoms with Gasteiger partial charge >= 0.3 is 0 Å². The lowest BCUT2D eigenvalue weighted by Gasteiger charge is -2.26. The monoisotopic (exact) mass is 323 g/mol. The van der Waals surface area contributed by atoms with E-state index in [9.17, 15) is 4.79 Å². The molecule has 0 N–H and O–H groups in total. The van der Waals surface area contributed by atoms with Crippen molar-refractivity contribution in [3.05, 3.63) is 59.7 Å². The molecule has 0 aliphatic carbocycles. The quantitative estimate of drug-likeness (QED) is 0.817. The van der Waals surface area contributed by atoms with Gasteiger partial charge in [-0.15, -0.1) is 0 Å². The molecule has 24 heavy (non-hydrogen) atoms. The van der Waals surface area contributed by atoms with Gasteiger partial charge in [-0.3, -0.25) is 4.79 Å². The maximum Gasteiger partial charge on any atom is 0.253 e. The largest absolute Gasteiger partial charge is 0.377 e. The van der Waals surface area contributed by atoms with Crippen LogP contribution in [0.3, 0.4) is 0 Å². The highest BCUT2D eigenvalue weighted by atomic mass is 16.5. The molecule has 0 aromatic heterocycles. The van der Waals surface area contributed by atoms with Crippen LogP contribution in [0.15, 0.2) is 48.5 Å². The zero-order valence-electron chi connectivity index (χ0n) is 14.5. The molecule has 3 heteroatoms. The van der Waals surface area contributed by atoms with Crippen molar-refractivity contribution in [2.75, 3.05) is 20.2 Å². The van der Waals surface area contributed by atoms with E-state index in [1.165, 1.54) is 6.42 Å². The Morgan fingerprint density at radius 2 is 1.46 bits per heavy atom. The summed E-state index contributed by atoms with van der Waals surface area (Å²) < 4.78 is 5.34. The first-order valence-electron chi connectivity index (χ1n) is 8.71. The number of piperidine rings is 1. The van der Waals surface area contributed by atoms with Crippen LogP contribution in [-0.4, -0.2) is 31.0 Å². The maximum atomic E-state index is 12.5. The van der Waals surface area contributed by atoms with Gasteiger partial charge in [-0.1, -0.05) is 36.4 Å². The van der Waals surface area contributed by atoms with E-state index in [0.29, 0.717) is 0 Å². The molecule has 3 nitrogen and oxygen atoms in total. The molecule has 1 saturated heterocycles. The van der Waals surface area contributed by atoms with Crippen LogP contribution >= 0.6 is 0 Å². The van der Waals surface area contributed by atoms with E-state index in [0.717, 1.165) is 48.2 Å². The normalized spacial score (nSPS) is 16.0. The van der Waals surface area contributed by atoms with Crippen molar-refractivity contribution in [1.82, 2.24) is 4.90 Å². The van der Waals surface area contributed by atoms with Gasteiger partial charge in [0.1, 0.15) is 0 Å². The SMILES string of the molecule is CO[C@H](C)c1ccc(-c2ccc(C(=O)N3CCCCC3)cc2)cc1. The topological polar surface area (TPSA) is 29.5 Å². The van der Waals surface area contributed by atoms with Crippen LogP contribution in [0.4, 0.5) is 0 Å². The minimum atomic E-state index is 0.101. The van der Waals surface area contributed by atoms with E-state index < -0.39 is 0 Å². The van der Waals surface area contributed by atoms with Gasteiger partial charge in [0.2, 0.25) is 0 Å². The summed E-state index contributed by atoms with van der Waals surface area (Å²) in [6.45, 7) is 3.81. The highest BCUT2D eigenvalue weighted by Gasteiger charge is 2.17. The second-order valence-corrected chi connectivity index (χ2v) is 6.43. The van der Waals surface area contributed by atoms with E-state index in [1.54, 1.807) is 7.11 Å². The molecule has 0 spiro atoms. The number of hydrogen-bond donors (Lipinski definition) is 0. The Balaban J connectivity index is 1.73. The number of likely N-dealkylation sites (tertiary alicyclic amines) is 1. The summed E-state index contributed by atoms with van der Waals surface area (Å²) >= 11 is 0. The molecular formula is C21H25NO2. The van der Waals surface area contributed by atoms with Crippen molar-refractivity contribution in [3.63, 3.8) is 0 Å². The molecule has 1 heterocycles. The third-order valence-corrected chi connectivity index (χ3v) is 4.84. The Hall–Kier alpha value is -2.13. The van der Waals surface area contributed by atoms with Crippen LogP contribution < -0.4 is 0 Å². The summed E-state index contributed by atoms with van der Waals surface area (Å²) in [5.74, 6) is 0.158. The molecular weight excluding hydrogens is 298 g/mol. The van der Waals surface area contributed by atoms with Crippen LogP contribution in [0.5, 0.6) is 0 Å². The van der Waals surface area contributed by atoms with Gasteiger partial charge in [0, 0.05) is 25.8 Å². The first kappa shape index (κ1) is 16.7. The summed E-state index contributed by atoms with van der Waals surface area (Å²) in [4.78, 5) is 14.5. The fourth-order valence-corrected chi connectivity index (χ4v) is 3.17. The number of nitrogens with zero attached hydrogens (tertiary/aromatic N) is 1. The van der Waals surface area contributed by atoms with Gasteiger partial charge in [0.25, 0.3) is 5.91 Å². The summed E-state index contributed by atoms with van der Waals surface area (Å²) in [6, 6.07) is 16.3. The summed E-state index contributed by atoms with van der Waals surface area (Å²) in [7, 11) is 1.72. The highest BCUT2D eigenvalue weighted by Crippen LogP contribution is 2.24. The van der Waals surface area contributed by atoms with E-state index in [1.807, 2.05) is 36.1 Å². The van der Waals surface area contributed by atoms with Gasteiger partial charge in [-0.05, 0) is 55.0 Å². The predicted octanol–water partition coefficient (Wildman–Crippen LogP) is 4.69. The van der Waals surface area contributed by atoms with E-state index in [4.69, 9.17) is 4.74 Å². The minimum Gasteiger partial charge on any atom is -0.377 e. The fourth-order valence-electron chi connectivity index (χ4n) is 3.17. The van der Waals surface area contributed by atoms with Crippen molar-refractivity contribution >= 4 is 5.91 Å². The molecule has 2 aromatic carbocycles. The molecule has 0 radical (unpaired) electrons. The lowest BCUT2D eigenvalue weighted by Crippen LogP contribution is -2.35. The van der Waals surface area contributed by atoms with Crippen LogP contribution in [0.1, 0.15) is 48.2 Å². The Morgan fingerprint density at radius 3 is 2.00 bits per heavy atom. The number of carbonyl (C=O) groups is 1. The fraction of sp³-hybridized carbons (Fsp3) is 0.381. The van der Waals surface area contributed by atoms with Crippen LogP contribution in [0.25, 0.3) is 11.1 Å². The lowest BCUT2D eigenvalue weighted by molar-refractivity contribution is 0.0724. The summed E-state index contributed by atoms with van der Waals surface area (Å²) in [5.41, 5.74) is 4.23.